The van der Waals surface area contributed by atoms with Crippen LogP contribution in [0.25, 0.3) is 0 Å². The van der Waals surface area contributed by atoms with Gasteiger partial charge in [0.05, 0.1) is 27.4 Å². The highest BCUT2D eigenvalue weighted by molar-refractivity contribution is 8.00. The lowest BCUT2D eigenvalue weighted by atomic mass is 10.2. The van der Waals surface area contributed by atoms with Gasteiger partial charge >= 0.3 is 5.97 Å². The smallest absolute Gasteiger partial charge is 0.303 e. The number of carboxylic acids is 1. The van der Waals surface area contributed by atoms with Crippen LogP contribution in [0.15, 0.2) is 47.4 Å². The average Bonchev–Trinajstić information content (AvgIpc) is 2.96. The van der Waals surface area contributed by atoms with Crippen LogP contribution in [0.4, 0.5) is 11.4 Å². The summed E-state index contributed by atoms with van der Waals surface area (Å²) in [5.74, 6) is -2.17. The van der Waals surface area contributed by atoms with E-state index < -0.39 is 17.1 Å². The maximum Gasteiger partial charge on any atom is 0.303 e. The van der Waals surface area contributed by atoms with E-state index in [0.29, 0.717) is 21.3 Å². The van der Waals surface area contributed by atoms with Gasteiger partial charge < -0.3 is 10.4 Å². The number of halogens is 2. The first-order chi connectivity index (χ1) is 14.2. The molecule has 1 fully saturated rings. The standard InChI is InChI=1S/C20H16Cl2N2O5S/c21-14-5-4-12(9-15(14)22)24-18(26)10-16(20(24)29)30-13-3-1-2-11(8-13)23-17(25)6-7-19(27)28/h1-5,8-9,16H,6-7,10H2,(H,23,25)(H,27,28). The zero-order chi connectivity index (χ0) is 21.8. The van der Waals surface area contributed by atoms with Crippen molar-refractivity contribution in [1.82, 2.24) is 0 Å². The van der Waals surface area contributed by atoms with Crippen LogP contribution >= 0.6 is 35.0 Å². The third-order valence-electron chi connectivity index (χ3n) is 4.23. The van der Waals surface area contributed by atoms with Gasteiger partial charge in [-0.2, -0.15) is 0 Å². The first-order valence-corrected chi connectivity index (χ1v) is 10.5. The summed E-state index contributed by atoms with van der Waals surface area (Å²) in [5.41, 5.74) is 0.843. The van der Waals surface area contributed by atoms with E-state index in [0.717, 1.165) is 4.90 Å². The minimum Gasteiger partial charge on any atom is -0.481 e. The van der Waals surface area contributed by atoms with Gasteiger partial charge in [0, 0.05) is 23.4 Å². The van der Waals surface area contributed by atoms with Crippen LogP contribution in [-0.2, 0) is 19.2 Å². The molecule has 1 aliphatic rings. The van der Waals surface area contributed by atoms with Crippen molar-refractivity contribution in [2.75, 3.05) is 10.2 Å². The van der Waals surface area contributed by atoms with E-state index in [1.807, 2.05) is 0 Å². The molecule has 2 aromatic carbocycles. The highest BCUT2D eigenvalue weighted by atomic mass is 35.5. The Hall–Kier alpha value is -2.55. The summed E-state index contributed by atoms with van der Waals surface area (Å²) in [7, 11) is 0. The normalized spacial score (nSPS) is 16.1. The molecule has 30 heavy (non-hydrogen) atoms. The molecule has 1 unspecified atom stereocenters. The maximum absolute atomic E-state index is 12.8. The lowest BCUT2D eigenvalue weighted by Gasteiger charge is -2.15. The summed E-state index contributed by atoms with van der Waals surface area (Å²) in [4.78, 5) is 49.4. The number of nitrogens with one attached hydrogen (secondary N) is 1. The molecule has 7 nitrogen and oxygen atoms in total. The number of benzene rings is 2. The third-order valence-corrected chi connectivity index (χ3v) is 6.15. The zero-order valence-corrected chi connectivity index (χ0v) is 17.8. The minimum absolute atomic E-state index is 0.0267. The number of hydrogen-bond donors (Lipinski definition) is 2. The Bertz CT molecular complexity index is 1030. The second-order valence-corrected chi connectivity index (χ2v) is 8.54. The molecule has 1 aliphatic heterocycles. The van der Waals surface area contributed by atoms with E-state index >= 15 is 0 Å². The topological polar surface area (TPSA) is 104 Å². The van der Waals surface area contributed by atoms with Gasteiger partial charge in [-0.1, -0.05) is 29.3 Å². The quantitative estimate of drug-likeness (QED) is 0.591. The molecular weight excluding hydrogens is 451 g/mol. The van der Waals surface area contributed by atoms with Crippen molar-refractivity contribution >= 4 is 70.0 Å². The molecule has 0 aromatic heterocycles. The van der Waals surface area contributed by atoms with E-state index in [4.69, 9.17) is 28.3 Å². The number of carbonyl (C=O) groups excluding carboxylic acids is 3. The van der Waals surface area contributed by atoms with Crippen molar-refractivity contribution in [2.24, 2.45) is 0 Å². The molecule has 1 atom stereocenters. The van der Waals surface area contributed by atoms with Crippen LogP contribution in [0.1, 0.15) is 19.3 Å². The molecule has 0 saturated carbocycles. The summed E-state index contributed by atoms with van der Waals surface area (Å²) in [6, 6.07) is 11.3. The molecule has 0 spiro atoms. The number of aliphatic carboxylic acids is 1. The molecule has 0 bridgehead atoms. The number of imide groups is 1. The lowest BCUT2D eigenvalue weighted by Crippen LogP contribution is -2.31. The number of anilines is 2. The summed E-state index contributed by atoms with van der Waals surface area (Å²) >= 11 is 13.1. The Labute approximate surface area is 186 Å². The van der Waals surface area contributed by atoms with Crippen molar-refractivity contribution < 1.29 is 24.3 Å². The molecule has 2 aromatic rings. The Morgan fingerprint density at radius 1 is 1.10 bits per heavy atom. The number of hydrogen-bond acceptors (Lipinski definition) is 5. The lowest BCUT2D eigenvalue weighted by molar-refractivity contribution is -0.138. The monoisotopic (exact) mass is 466 g/mol. The second kappa shape index (κ2) is 9.51. The van der Waals surface area contributed by atoms with Crippen LogP contribution in [0.5, 0.6) is 0 Å². The summed E-state index contributed by atoms with van der Waals surface area (Å²) < 4.78 is 0. The van der Waals surface area contributed by atoms with Crippen molar-refractivity contribution in [2.45, 2.75) is 29.4 Å². The Balaban J connectivity index is 1.68. The van der Waals surface area contributed by atoms with E-state index in [9.17, 15) is 19.2 Å². The number of carbonyl (C=O) groups is 4. The van der Waals surface area contributed by atoms with Crippen molar-refractivity contribution in [1.29, 1.82) is 0 Å². The number of carboxylic acid groups (broad SMARTS) is 1. The van der Waals surface area contributed by atoms with Gasteiger partial charge in [0.25, 0.3) is 0 Å². The van der Waals surface area contributed by atoms with Gasteiger partial charge in [-0.15, -0.1) is 11.8 Å². The Morgan fingerprint density at radius 2 is 1.87 bits per heavy atom. The minimum atomic E-state index is -1.05. The van der Waals surface area contributed by atoms with Crippen molar-refractivity contribution in [3.63, 3.8) is 0 Å². The second-order valence-electron chi connectivity index (χ2n) is 6.45. The maximum atomic E-state index is 12.8. The largest absolute Gasteiger partial charge is 0.481 e. The molecule has 1 saturated heterocycles. The first kappa shape index (κ1) is 22.1. The van der Waals surface area contributed by atoms with Gasteiger partial charge in [0.1, 0.15) is 0 Å². The number of rotatable bonds is 7. The highest BCUT2D eigenvalue weighted by Gasteiger charge is 2.40. The van der Waals surface area contributed by atoms with Crippen molar-refractivity contribution in [3.8, 4) is 0 Å². The van der Waals surface area contributed by atoms with Crippen LogP contribution < -0.4 is 10.2 Å². The van der Waals surface area contributed by atoms with Crippen LogP contribution in [-0.4, -0.2) is 34.0 Å². The van der Waals surface area contributed by atoms with Gasteiger partial charge in [0.2, 0.25) is 17.7 Å². The molecule has 2 N–H and O–H groups in total. The fourth-order valence-electron chi connectivity index (χ4n) is 2.85. The van der Waals surface area contributed by atoms with Crippen molar-refractivity contribution in [3.05, 3.63) is 52.5 Å². The summed E-state index contributed by atoms with van der Waals surface area (Å²) in [5, 5.41) is 11.2. The third kappa shape index (κ3) is 5.33. The molecule has 10 heteroatoms. The Morgan fingerprint density at radius 3 is 2.57 bits per heavy atom. The number of amides is 3. The first-order valence-electron chi connectivity index (χ1n) is 8.85. The van der Waals surface area contributed by atoms with E-state index in [1.54, 1.807) is 30.3 Å². The summed E-state index contributed by atoms with van der Waals surface area (Å²) in [6.07, 6.45) is -0.372. The Kier molecular flexibility index (Phi) is 7.02. The number of nitrogens with zero attached hydrogens (tertiary/aromatic N) is 1. The SMILES string of the molecule is O=C(O)CCC(=O)Nc1cccc(SC2CC(=O)N(c3ccc(Cl)c(Cl)c3)C2=O)c1. The predicted octanol–water partition coefficient (Wildman–Crippen LogP) is 4.22. The highest BCUT2D eigenvalue weighted by Crippen LogP contribution is 2.36. The fraction of sp³-hybridized carbons (Fsp3) is 0.200. The van der Waals surface area contributed by atoms with Crippen LogP contribution in [0.3, 0.4) is 0 Å². The molecule has 1 heterocycles. The zero-order valence-electron chi connectivity index (χ0n) is 15.4. The van der Waals surface area contributed by atoms with Gasteiger partial charge in [-0.05, 0) is 36.4 Å². The van der Waals surface area contributed by atoms with Crippen LogP contribution in [0.2, 0.25) is 10.0 Å². The fourth-order valence-corrected chi connectivity index (χ4v) is 4.25. The van der Waals surface area contributed by atoms with E-state index in [2.05, 4.69) is 5.32 Å². The van der Waals surface area contributed by atoms with Crippen LogP contribution in [0, 0.1) is 0 Å². The van der Waals surface area contributed by atoms with Gasteiger partial charge in [0.15, 0.2) is 0 Å². The van der Waals surface area contributed by atoms with E-state index in [1.165, 1.54) is 23.9 Å². The molecule has 0 aliphatic carbocycles. The molecular formula is C20H16Cl2N2O5S. The van der Waals surface area contributed by atoms with Gasteiger partial charge in [-0.25, -0.2) is 4.90 Å². The van der Waals surface area contributed by atoms with Gasteiger partial charge in [-0.3, -0.25) is 19.2 Å². The average molecular weight is 467 g/mol. The molecule has 156 valence electrons. The van der Waals surface area contributed by atoms with E-state index in [-0.39, 0.29) is 36.1 Å². The number of thioether (sulfide) groups is 1. The predicted molar refractivity (Wildman–Crippen MR) is 115 cm³/mol. The molecule has 3 rings (SSSR count). The molecule has 3 amide bonds. The summed E-state index contributed by atoms with van der Waals surface area (Å²) in [6.45, 7) is 0. The molecule has 0 radical (unpaired) electrons.